The Morgan fingerprint density at radius 2 is 2.10 bits per heavy atom. The monoisotopic (exact) mass is 319 g/mol. The quantitative estimate of drug-likeness (QED) is 0.679. The fraction of sp³-hybridized carbons (Fsp3) is 0.176. The summed E-state index contributed by atoms with van der Waals surface area (Å²) in [6, 6.07) is 13.3. The molecule has 3 aromatic rings. The Kier molecular flexibility index (Phi) is 4.24. The SMILES string of the molecule is CCNC(c1ccc(F)c(Cl)c1)c1cccc2ccsc12. The summed E-state index contributed by atoms with van der Waals surface area (Å²) in [5, 5.41) is 6.95. The van der Waals surface area contributed by atoms with E-state index in [4.69, 9.17) is 11.6 Å². The number of fused-ring (bicyclic) bond motifs is 1. The van der Waals surface area contributed by atoms with Gasteiger partial charge in [-0.05, 0) is 46.6 Å². The van der Waals surface area contributed by atoms with Crippen molar-refractivity contribution < 1.29 is 4.39 Å². The minimum absolute atomic E-state index is 0.00968. The summed E-state index contributed by atoms with van der Waals surface area (Å²) in [5.41, 5.74) is 2.18. The lowest BCUT2D eigenvalue weighted by molar-refractivity contribution is 0.616. The fourth-order valence-corrected chi connectivity index (χ4v) is 3.68. The Labute approximate surface area is 132 Å². The van der Waals surface area contributed by atoms with Crippen LogP contribution in [0.1, 0.15) is 24.1 Å². The van der Waals surface area contributed by atoms with Gasteiger partial charge in [-0.15, -0.1) is 11.3 Å². The van der Waals surface area contributed by atoms with Crippen molar-refractivity contribution in [1.29, 1.82) is 0 Å². The van der Waals surface area contributed by atoms with Crippen LogP contribution in [0.2, 0.25) is 5.02 Å². The van der Waals surface area contributed by atoms with Crippen LogP contribution in [-0.2, 0) is 0 Å². The first kappa shape index (κ1) is 14.5. The molecule has 1 atom stereocenters. The smallest absolute Gasteiger partial charge is 0.141 e. The van der Waals surface area contributed by atoms with Crippen molar-refractivity contribution in [2.24, 2.45) is 0 Å². The van der Waals surface area contributed by atoms with Crippen LogP contribution in [0.3, 0.4) is 0 Å². The van der Waals surface area contributed by atoms with Crippen molar-refractivity contribution in [1.82, 2.24) is 5.32 Å². The molecule has 2 aromatic carbocycles. The van der Waals surface area contributed by atoms with Crippen LogP contribution < -0.4 is 5.32 Å². The van der Waals surface area contributed by atoms with Gasteiger partial charge in [-0.3, -0.25) is 0 Å². The normalized spacial score (nSPS) is 12.7. The van der Waals surface area contributed by atoms with Crippen LogP contribution in [-0.4, -0.2) is 6.54 Å². The van der Waals surface area contributed by atoms with Gasteiger partial charge in [-0.25, -0.2) is 4.39 Å². The largest absolute Gasteiger partial charge is 0.306 e. The highest BCUT2D eigenvalue weighted by Crippen LogP contribution is 2.33. The number of benzene rings is 2. The van der Waals surface area contributed by atoms with Crippen molar-refractivity contribution in [3.05, 3.63) is 69.8 Å². The molecule has 0 saturated carbocycles. The van der Waals surface area contributed by atoms with Gasteiger partial charge < -0.3 is 5.32 Å². The second-order valence-electron chi connectivity index (χ2n) is 4.85. The maximum Gasteiger partial charge on any atom is 0.141 e. The highest BCUT2D eigenvalue weighted by Gasteiger charge is 2.17. The second kappa shape index (κ2) is 6.14. The van der Waals surface area contributed by atoms with E-state index in [9.17, 15) is 4.39 Å². The molecule has 0 spiro atoms. The van der Waals surface area contributed by atoms with Gasteiger partial charge in [0.15, 0.2) is 0 Å². The van der Waals surface area contributed by atoms with E-state index in [0.29, 0.717) is 0 Å². The molecular weight excluding hydrogens is 305 g/mol. The van der Waals surface area contributed by atoms with E-state index < -0.39 is 0 Å². The summed E-state index contributed by atoms with van der Waals surface area (Å²) in [6.07, 6.45) is 0. The maximum atomic E-state index is 13.4. The van der Waals surface area contributed by atoms with E-state index in [1.54, 1.807) is 23.5 Å². The minimum atomic E-state index is -0.384. The van der Waals surface area contributed by atoms with Crippen molar-refractivity contribution in [2.45, 2.75) is 13.0 Å². The van der Waals surface area contributed by atoms with Crippen LogP contribution in [0.4, 0.5) is 4.39 Å². The average molecular weight is 320 g/mol. The van der Waals surface area contributed by atoms with E-state index in [-0.39, 0.29) is 16.9 Å². The standard InChI is InChI=1S/C17H15ClFNS/c1-2-20-16(12-6-7-15(19)14(18)10-12)13-5-3-4-11-8-9-21-17(11)13/h3-10,16,20H,2H2,1H3. The number of thiophene rings is 1. The number of rotatable bonds is 4. The molecule has 1 N–H and O–H groups in total. The third-order valence-electron chi connectivity index (χ3n) is 3.51. The molecule has 108 valence electrons. The zero-order chi connectivity index (χ0) is 14.8. The van der Waals surface area contributed by atoms with Crippen LogP contribution in [0.5, 0.6) is 0 Å². The topological polar surface area (TPSA) is 12.0 Å². The number of hydrogen-bond donors (Lipinski definition) is 1. The first-order valence-corrected chi connectivity index (χ1v) is 8.11. The van der Waals surface area contributed by atoms with Gasteiger partial charge in [0.1, 0.15) is 5.82 Å². The third-order valence-corrected chi connectivity index (χ3v) is 4.77. The van der Waals surface area contributed by atoms with E-state index in [2.05, 4.69) is 41.9 Å². The zero-order valence-corrected chi connectivity index (χ0v) is 13.1. The van der Waals surface area contributed by atoms with Crippen LogP contribution in [0.25, 0.3) is 10.1 Å². The summed E-state index contributed by atoms with van der Waals surface area (Å²) in [5.74, 6) is -0.384. The lowest BCUT2D eigenvalue weighted by Gasteiger charge is -2.20. The minimum Gasteiger partial charge on any atom is -0.306 e. The van der Waals surface area contributed by atoms with Gasteiger partial charge in [0, 0.05) is 4.70 Å². The molecule has 1 heterocycles. The summed E-state index contributed by atoms with van der Waals surface area (Å²) in [4.78, 5) is 0. The van der Waals surface area contributed by atoms with E-state index >= 15 is 0 Å². The number of hydrogen-bond acceptors (Lipinski definition) is 2. The molecule has 4 heteroatoms. The van der Waals surface area contributed by atoms with Gasteiger partial charge in [-0.1, -0.05) is 42.8 Å². The van der Waals surface area contributed by atoms with E-state index in [0.717, 1.165) is 12.1 Å². The molecule has 0 aliphatic carbocycles. The van der Waals surface area contributed by atoms with Crippen molar-refractivity contribution in [2.75, 3.05) is 6.54 Å². The van der Waals surface area contributed by atoms with Gasteiger partial charge in [0.05, 0.1) is 11.1 Å². The predicted octanol–water partition coefficient (Wildman–Crippen LogP) is 5.39. The predicted molar refractivity (Wildman–Crippen MR) is 88.8 cm³/mol. The van der Waals surface area contributed by atoms with Gasteiger partial charge in [0.2, 0.25) is 0 Å². The maximum absolute atomic E-state index is 13.4. The van der Waals surface area contributed by atoms with Crippen molar-refractivity contribution in [3.8, 4) is 0 Å². The molecule has 1 aromatic heterocycles. The average Bonchev–Trinajstić information content (AvgIpc) is 2.96. The Bertz CT molecular complexity index is 768. The summed E-state index contributed by atoms with van der Waals surface area (Å²) >= 11 is 7.67. The highest BCUT2D eigenvalue weighted by atomic mass is 35.5. The molecule has 0 amide bonds. The van der Waals surface area contributed by atoms with Gasteiger partial charge in [0.25, 0.3) is 0 Å². The van der Waals surface area contributed by atoms with Crippen molar-refractivity contribution in [3.63, 3.8) is 0 Å². The van der Waals surface area contributed by atoms with Crippen LogP contribution >= 0.6 is 22.9 Å². The Balaban J connectivity index is 2.13. The molecule has 0 bridgehead atoms. The lowest BCUT2D eigenvalue weighted by atomic mass is 9.97. The van der Waals surface area contributed by atoms with Crippen molar-refractivity contribution >= 4 is 33.0 Å². The summed E-state index contributed by atoms with van der Waals surface area (Å²) < 4.78 is 14.7. The highest BCUT2D eigenvalue weighted by molar-refractivity contribution is 7.17. The zero-order valence-electron chi connectivity index (χ0n) is 11.6. The first-order valence-electron chi connectivity index (χ1n) is 6.85. The Hall–Kier alpha value is -1.42. The Morgan fingerprint density at radius 1 is 1.24 bits per heavy atom. The molecule has 0 radical (unpaired) electrons. The number of nitrogens with one attached hydrogen (secondary N) is 1. The molecule has 3 rings (SSSR count). The van der Waals surface area contributed by atoms with Gasteiger partial charge >= 0.3 is 0 Å². The number of halogens is 2. The summed E-state index contributed by atoms with van der Waals surface area (Å²) in [6.45, 7) is 2.88. The summed E-state index contributed by atoms with van der Waals surface area (Å²) in [7, 11) is 0. The molecule has 1 unspecified atom stereocenters. The second-order valence-corrected chi connectivity index (χ2v) is 6.17. The molecular formula is C17H15ClFNS. The molecule has 1 nitrogen and oxygen atoms in total. The molecule has 0 aliphatic rings. The van der Waals surface area contributed by atoms with Crippen LogP contribution in [0, 0.1) is 5.82 Å². The van der Waals surface area contributed by atoms with Gasteiger partial charge in [-0.2, -0.15) is 0 Å². The lowest BCUT2D eigenvalue weighted by Crippen LogP contribution is -2.22. The Morgan fingerprint density at radius 3 is 2.86 bits per heavy atom. The van der Waals surface area contributed by atoms with E-state index in [1.807, 2.05) is 0 Å². The fourth-order valence-electron chi connectivity index (χ4n) is 2.55. The molecule has 0 fully saturated rings. The first-order chi connectivity index (χ1) is 10.2. The molecule has 21 heavy (non-hydrogen) atoms. The third kappa shape index (κ3) is 2.82. The molecule has 0 saturated heterocycles. The van der Waals surface area contributed by atoms with E-state index in [1.165, 1.54) is 21.7 Å². The van der Waals surface area contributed by atoms with Crippen LogP contribution in [0.15, 0.2) is 47.8 Å². The molecule has 0 aliphatic heterocycles.